The second-order valence-electron chi connectivity index (χ2n) is 11.1. The zero-order chi connectivity index (χ0) is 20.6. The van der Waals surface area contributed by atoms with Crippen LogP contribution in [0.3, 0.4) is 0 Å². The molecule has 0 radical (unpaired) electrons. The van der Waals surface area contributed by atoms with E-state index in [9.17, 15) is 0 Å². The van der Waals surface area contributed by atoms with Crippen LogP contribution in [-0.4, -0.2) is 28.1 Å². The summed E-state index contributed by atoms with van der Waals surface area (Å²) >= 11 is -0.778. The van der Waals surface area contributed by atoms with Crippen molar-refractivity contribution in [2.75, 3.05) is 0 Å². The number of rotatable bonds is 12. The van der Waals surface area contributed by atoms with E-state index in [4.69, 9.17) is 4.43 Å². The van der Waals surface area contributed by atoms with E-state index in [1.165, 1.54) is 29.8 Å². The minimum Gasteiger partial charge on any atom is -0.411 e. The summed E-state index contributed by atoms with van der Waals surface area (Å²) in [4.78, 5) is 2.64. The molecule has 0 aliphatic heterocycles. The molecular weight excluding hydrogens is 347 g/mol. The summed E-state index contributed by atoms with van der Waals surface area (Å²) in [6, 6.07) is 0. The Morgan fingerprint density at radius 1 is 0.962 bits per heavy atom. The Morgan fingerprint density at radius 2 is 1.46 bits per heavy atom. The van der Waals surface area contributed by atoms with Gasteiger partial charge in [-0.25, -0.2) is 0 Å². The lowest BCUT2D eigenvalue weighted by Gasteiger charge is -2.44. The average molecular weight is 397 g/mol. The molecule has 0 aliphatic carbocycles. The van der Waals surface area contributed by atoms with E-state index in [0.29, 0.717) is 0 Å². The van der Waals surface area contributed by atoms with Crippen LogP contribution in [0.1, 0.15) is 88.0 Å². The predicted octanol–water partition coefficient (Wildman–Crippen LogP) is 8.25. The van der Waals surface area contributed by atoms with E-state index in [-0.39, 0.29) is 10.6 Å². The first kappa shape index (κ1) is 26.4. The SMILES string of the molecule is CCCCC(C)(C/C=[CH]/[Al]([CH2]C(C)C)[CH2]C(C)C)O[Si](C)(C)C(C)(C)C. The standard InChI is InChI=1S/C15H31OSi.2C4H9.Al/c1-9-11-13-15(6,12-10-2)16-17(7,8)14(3,4)5;2*1-4(2)3;/h2,10H,9,11-13H2,1,3-8H3;2*4H,1H2,2-3H3;. The summed E-state index contributed by atoms with van der Waals surface area (Å²) < 4.78 is 6.94. The van der Waals surface area contributed by atoms with E-state index in [1.807, 2.05) is 0 Å². The smallest absolute Gasteiger partial charge is 0.294 e. The molecule has 26 heavy (non-hydrogen) atoms. The van der Waals surface area contributed by atoms with E-state index >= 15 is 0 Å². The molecule has 0 aromatic heterocycles. The lowest BCUT2D eigenvalue weighted by atomic mass is 9.95. The zero-order valence-electron chi connectivity index (χ0n) is 20.0. The highest BCUT2D eigenvalue weighted by molar-refractivity contribution is 6.74. The van der Waals surface area contributed by atoms with Gasteiger partial charge in [0.25, 0.3) is 14.1 Å². The van der Waals surface area contributed by atoms with Crippen LogP contribution in [0.25, 0.3) is 0 Å². The fourth-order valence-corrected chi connectivity index (χ4v) is 8.66. The Kier molecular flexibility index (Phi) is 11.6. The van der Waals surface area contributed by atoms with Gasteiger partial charge in [-0.3, -0.25) is 0 Å². The highest BCUT2D eigenvalue weighted by Crippen LogP contribution is 2.41. The first-order valence-corrected chi connectivity index (χ1v) is 16.3. The average Bonchev–Trinajstić information content (AvgIpc) is 2.42. The Hall–Kier alpha value is 0.449. The normalized spacial score (nSPS) is 15.9. The summed E-state index contributed by atoms with van der Waals surface area (Å²) in [6.45, 7) is 26.0. The third kappa shape index (κ3) is 10.7. The molecule has 3 heteroatoms. The van der Waals surface area contributed by atoms with Crippen LogP contribution in [0.2, 0.25) is 28.7 Å². The molecule has 1 unspecified atom stereocenters. The van der Waals surface area contributed by atoms with Gasteiger partial charge in [0.1, 0.15) is 0 Å². The topological polar surface area (TPSA) is 9.23 Å². The first-order valence-electron chi connectivity index (χ1n) is 11.1. The maximum Gasteiger partial charge on any atom is 0.294 e. The van der Waals surface area contributed by atoms with Gasteiger partial charge in [-0.05, 0) is 37.9 Å². The molecule has 1 nitrogen and oxygen atoms in total. The van der Waals surface area contributed by atoms with E-state index < -0.39 is 22.5 Å². The summed E-state index contributed by atoms with van der Waals surface area (Å²) in [5.74, 6) is 1.65. The third-order valence-corrected chi connectivity index (χ3v) is 14.4. The first-order chi connectivity index (χ1) is 11.7. The van der Waals surface area contributed by atoms with Crippen LogP contribution >= 0.6 is 0 Å². The molecule has 0 N–H and O–H groups in total. The number of hydrogen-bond acceptors (Lipinski definition) is 1. The lowest BCUT2D eigenvalue weighted by Crippen LogP contribution is -2.48. The number of hydrogen-bond donors (Lipinski definition) is 0. The Morgan fingerprint density at radius 3 is 1.85 bits per heavy atom. The molecule has 0 heterocycles. The fourth-order valence-electron chi connectivity index (χ4n) is 3.49. The fraction of sp³-hybridized carbons (Fsp3) is 0.913. The molecule has 0 saturated carbocycles. The molecule has 0 bridgehead atoms. The minimum absolute atomic E-state index is 0.00409. The van der Waals surface area contributed by atoms with Gasteiger partial charge in [-0.15, -0.1) is 11.0 Å². The molecule has 0 saturated heterocycles. The maximum absolute atomic E-state index is 6.94. The van der Waals surface area contributed by atoms with E-state index in [2.05, 4.69) is 86.4 Å². The van der Waals surface area contributed by atoms with Crippen LogP contribution in [0, 0.1) is 11.8 Å². The van der Waals surface area contributed by atoms with Crippen molar-refractivity contribution in [1.82, 2.24) is 0 Å². The van der Waals surface area contributed by atoms with E-state index in [0.717, 1.165) is 18.3 Å². The lowest BCUT2D eigenvalue weighted by molar-refractivity contribution is 0.0635. The monoisotopic (exact) mass is 396 g/mol. The van der Waals surface area contributed by atoms with Gasteiger partial charge in [0, 0.05) is 0 Å². The zero-order valence-corrected chi connectivity index (χ0v) is 22.2. The van der Waals surface area contributed by atoms with Gasteiger partial charge in [-0.2, -0.15) is 0 Å². The maximum atomic E-state index is 6.94. The second-order valence-corrected chi connectivity index (χ2v) is 18.6. The molecule has 0 aliphatic rings. The molecule has 0 aromatic carbocycles. The minimum atomic E-state index is -1.74. The number of unbranched alkanes of at least 4 members (excludes halogenated alkanes) is 1. The van der Waals surface area contributed by atoms with Crippen LogP contribution < -0.4 is 0 Å². The summed E-state index contributed by atoms with van der Waals surface area (Å²) in [5, 5.41) is 3.14. The molecule has 0 amide bonds. The van der Waals surface area contributed by atoms with Crippen LogP contribution in [0.4, 0.5) is 0 Å². The van der Waals surface area contributed by atoms with Crippen molar-refractivity contribution in [3.8, 4) is 0 Å². The van der Waals surface area contributed by atoms with Gasteiger partial charge in [0.15, 0.2) is 8.32 Å². The van der Waals surface area contributed by atoms with Crippen molar-refractivity contribution in [2.45, 2.75) is 122 Å². The van der Waals surface area contributed by atoms with Crippen molar-refractivity contribution >= 4 is 22.5 Å². The van der Waals surface area contributed by atoms with E-state index in [1.54, 1.807) is 0 Å². The van der Waals surface area contributed by atoms with Crippen LogP contribution in [-0.2, 0) is 4.43 Å². The van der Waals surface area contributed by atoms with Gasteiger partial charge < -0.3 is 4.43 Å². The molecule has 0 aromatic rings. The summed E-state index contributed by atoms with van der Waals surface area (Å²) in [7, 11) is -1.74. The molecule has 0 fully saturated rings. The summed E-state index contributed by atoms with van der Waals surface area (Å²) in [5.41, 5.74) is 0.00409. The van der Waals surface area contributed by atoms with Crippen molar-refractivity contribution in [2.24, 2.45) is 11.8 Å². The second kappa shape index (κ2) is 11.5. The van der Waals surface area contributed by atoms with Crippen molar-refractivity contribution in [1.29, 1.82) is 0 Å². The quantitative estimate of drug-likeness (QED) is 0.302. The van der Waals surface area contributed by atoms with Crippen molar-refractivity contribution in [3.05, 3.63) is 11.0 Å². The van der Waals surface area contributed by atoms with Gasteiger partial charge in [-0.1, -0.05) is 90.6 Å². The third-order valence-electron chi connectivity index (χ3n) is 5.87. The predicted molar refractivity (Wildman–Crippen MR) is 125 cm³/mol. The Labute approximate surface area is 171 Å². The molecule has 154 valence electrons. The Balaban J connectivity index is 5.17. The van der Waals surface area contributed by atoms with Crippen molar-refractivity contribution in [3.63, 3.8) is 0 Å². The highest BCUT2D eigenvalue weighted by atomic mass is 28.4. The molecule has 0 rings (SSSR count). The Bertz CT molecular complexity index is 399. The molecular formula is C23H49AlOSi. The largest absolute Gasteiger partial charge is 0.411 e. The summed E-state index contributed by atoms with van der Waals surface area (Å²) in [6.07, 6.45) is 7.28. The van der Waals surface area contributed by atoms with Gasteiger partial charge in [0.2, 0.25) is 0 Å². The van der Waals surface area contributed by atoms with Gasteiger partial charge in [0.05, 0.1) is 5.60 Å². The molecule has 1 atom stereocenters. The van der Waals surface area contributed by atoms with Crippen molar-refractivity contribution < 1.29 is 4.43 Å². The highest BCUT2D eigenvalue weighted by Gasteiger charge is 2.42. The van der Waals surface area contributed by atoms with Crippen LogP contribution in [0.5, 0.6) is 0 Å². The van der Waals surface area contributed by atoms with Gasteiger partial charge >= 0.3 is 0 Å². The molecule has 0 spiro atoms. The van der Waals surface area contributed by atoms with Crippen LogP contribution in [0.15, 0.2) is 11.0 Å².